The summed E-state index contributed by atoms with van der Waals surface area (Å²) in [5.41, 5.74) is 0. The van der Waals surface area contributed by atoms with Gasteiger partial charge in [-0.1, -0.05) is 12.8 Å². The fraction of sp³-hybridized carbons (Fsp3) is 0.833. The number of imide groups is 1. The van der Waals surface area contributed by atoms with Gasteiger partial charge >= 0.3 is 0 Å². The molecule has 2 amide bonds. The van der Waals surface area contributed by atoms with Crippen LogP contribution in [0.5, 0.6) is 0 Å². The maximum atomic E-state index is 11.6. The quantitative estimate of drug-likeness (QED) is 0.552. The van der Waals surface area contributed by atoms with Crippen molar-refractivity contribution in [3.63, 3.8) is 0 Å². The van der Waals surface area contributed by atoms with Crippen LogP contribution >= 0.6 is 0 Å². The minimum Gasteiger partial charge on any atom is -0.396 e. The zero-order valence-corrected chi connectivity index (χ0v) is 9.78. The van der Waals surface area contributed by atoms with Gasteiger partial charge in [-0.25, -0.2) is 0 Å². The Kier molecular flexibility index (Phi) is 6.08. The first-order chi connectivity index (χ1) is 7.75. The maximum absolute atomic E-state index is 11.6. The molecule has 1 fully saturated rings. The van der Waals surface area contributed by atoms with E-state index in [2.05, 4.69) is 0 Å². The molecule has 1 rings (SSSR count). The van der Waals surface area contributed by atoms with Crippen molar-refractivity contribution in [2.45, 2.75) is 51.4 Å². The Labute approximate surface area is 96.6 Å². The fourth-order valence-corrected chi connectivity index (χ4v) is 1.95. The van der Waals surface area contributed by atoms with E-state index in [0.717, 1.165) is 38.5 Å². The van der Waals surface area contributed by atoms with E-state index in [0.29, 0.717) is 19.4 Å². The Balaban J connectivity index is 2.26. The van der Waals surface area contributed by atoms with E-state index in [1.54, 1.807) is 0 Å². The molecule has 4 heteroatoms. The second-order valence-corrected chi connectivity index (χ2v) is 4.28. The second kappa shape index (κ2) is 7.39. The number of hydrogen-bond acceptors (Lipinski definition) is 3. The first-order valence-corrected chi connectivity index (χ1v) is 6.20. The van der Waals surface area contributed by atoms with Gasteiger partial charge in [0.2, 0.25) is 11.8 Å². The van der Waals surface area contributed by atoms with Crippen molar-refractivity contribution < 1.29 is 14.7 Å². The Morgan fingerprint density at radius 3 is 2.06 bits per heavy atom. The predicted octanol–water partition coefficient (Wildman–Crippen LogP) is 1.47. The summed E-state index contributed by atoms with van der Waals surface area (Å²) in [5, 5.41) is 8.62. The number of hydrogen-bond donors (Lipinski definition) is 1. The van der Waals surface area contributed by atoms with Crippen LogP contribution in [0.15, 0.2) is 0 Å². The van der Waals surface area contributed by atoms with Crippen molar-refractivity contribution in [1.29, 1.82) is 0 Å². The minimum absolute atomic E-state index is 0.00958. The van der Waals surface area contributed by atoms with E-state index in [1.165, 1.54) is 4.90 Å². The smallest absolute Gasteiger partial charge is 0.229 e. The van der Waals surface area contributed by atoms with Gasteiger partial charge in [0.05, 0.1) is 0 Å². The average molecular weight is 227 g/mol. The summed E-state index contributed by atoms with van der Waals surface area (Å²) >= 11 is 0. The molecule has 0 aromatic rings. The van der Waals surface area contributed by atoms with Gasteiger partial charge in [-0.05, 0) is 25.7 Å². The Morgan fingerprint density at radius 2 is 1.50 bits per heavy atom. The van der Waals surface area contributed by atoms with E-state index < -0.39 is 0 Å². The highest BCUT2D eigenvalue weighted by molar-refractivity contribution is 5.95. The lowest BCUT2D eigenvalue weighted by Gasteiger charge is -2.18. The van der Waals surface area contributed by atoms with Gasteiger partial charge in [-0.15, -0.1) is 0 Å². The lowest BCUT2D eigenvalue weighted by atomic mass is 10.2. The Hall–Kier alpha value is -0.900. The highest BCUT2D eigenvalue weighted by atomic mass is 16.3. The summed E-state index contributed by atoms with van der Waals surface area (Å²) in [7, 11) is 0. The zero-order valence-electron chi connectivity index (χ0n) is 9.78. The van der Waals surface area contributed by atoms with Crippen LogP contribution in [0.25, 0.3) is 0 Å². The third kappa shape index (κ3) is 4.31. The zero-order chi connectivity index (χ0) is 11.8. The molecule has 16 heavy (non-hydrogen) atoms. The number of aliphatic hydroxyl groups excluding tert-OH is 1. The number of carbonyl (C=O) groups is 2. The van der Waals surface area contributed by atoms with Gasteiger partial charge in [0, 0.05) is 26.0 Å². The van der Waals surface area contributed by atoms with Crippen molar-refractivity contribution in [2.24, 2.45) is 0 Å². The number of unbranched alkanes of at least 4 members (excludes halogenated alkanes) is 3. The first-order valence-electron chi connectivity index (χ1n) is 6.20. The van der Waals surface area contributed by atoms with Crippen molar-refractivity contribution in [3.05, 3.63) is 0 Å². The largest absolute Gasteiger partial charge is 0.396 e. The molecule has 0 spiro atoms. The molecule has 0 aromatic carbocycles. The molecule has 0 aromatic heterocycles. The molecule has 0 unspecified atom stereocenters. The summed E-state index contributed by atoms with van der Waals surface area (Å²) in [6.07, 6.45) is 6.31. The van der Waals surface area contributed by atoms with Crippen molar-refractivity contribution in [3.8, 4) is 0 Å². The van der Waals surface area contributed by atoms with Gasteiger partial charge in [-0.3, -0.25) is 14.5 Å². The lowest BCUT2D eigenvalue weighted by Crippen LogP contribution is -2.35. The Bertz CT molecular complexity index is 222. The van der Waals surface area contributed by atoms with Gasteiger partial charge in [0.25, 0.3) is 0 Å². The van der Waals surface area contributed by atoms with E-state index in [-0.39, 0.29) is 18.4 Å². The van der Waals surface area contributed by atoms with Crippen LogP contribution in [0.1, 0.15) is 51.4 Å². The second-order valence-electron chi connectivity index (χ2n) is 4.28. The van der Waals surface area contributed by atoms with E-state index in [4.69, 9.17) is 5.11 Å². The molecule has 1 heterocycles. The van der Waals surface area contributed by atoms with Crippen LogP contribution < -0.4 is 0 Å². The summed E-state index contributed by atoms with van der Waals surface area (Å²) < 4.78 is 0. The van der Waals surface area contributed by atoms with Crippen LogP contribution in [-0.4, -0.2) is 35.0 Å². The van der Waals surface area contributed by atoms with Crippen LogP contribution in [0.3, 0.4) is 0 Å². The molecule has 0 radical (unpaired) electrons. The van der Waals surface area contributed by atoms with E-state index >= 15 is 0 Å². The maximum Gasteiger partial charge on any atom is 0.229 e. The normalized spacial score (nSPS) is 17.7. The van der Waals surface area contributed by atoms with Crippen LogP contribution in [-0.2, 0) is 9.59 Å². The van der Waals surface area contributed by atoms with Gasteiger partial charge in [-0.2, -0.15) is 0 Å². The van der Waals surface area contributed by atoms with Gasteiger partial charge in [0.15, 0.2) is 0 Å². The van der Waals surface area contributed by atoms with Crippen molar-refractivity contribution >= 4 is 11.8 Å². The molecule has 0 saturated carbocycles. The SMILES string of the molecule is O=C1CCCCC(=O)N1CCCCCCO. The molecule has 0 bridgehead atoms. The summed E-state index contributed by atoms with van der Waals surface area (Å²) in [4.78, 5) is 24.6. The standard InChI is InChI=1S/C12H21NO3/c14-10-6-2-1-5-9-13-11(15)7-3-4-8-12(13)16/h14H,1-10H2. The van der Waals surface area contributed by atoms with Crippen molar-refractivity contribution in [1.82, 2.24) is 4.90 Å². The van der Waals surface area contributed by atoms with E-state index in [1.807, 2.05) is 0 Å². The summed E-state index contributed by atoms with van der Waals surface area (Å²) in [6.45, 7) is 0.782. The number of rotatable bonds is 6. The molecular weight excluding hydrogens is 206 g/mol. The topological polar surface area (TPSA) is 57.6 Å². The monoisotopic (exact) mass is 227 g/mol. The summed E-state index contributed by atoms with van der Waals surface area (Å²) in [5.74, 6) is -0.0192. The van der Waals surface area contributed by atoms with Gasteiger partial charge in [0.1, 0.15) is 0 Å². The highest BCUT2D eigenvalue weighted by Crippen LogP contribution is 2.13. The van der Waals surface area contributed by atoms with Crippen LogP contribution in [0, 0.1) is 0 Å². The highest BCUT2D eigenvalue weighted by Gasteiger charge is 2.22. The number of carbonyl (C=O) groups excluding carboxylic acids is 2. The third-order valence-electron chi connectivity index (χ3n) is 2.92. The van der Waals surface area contributed by atoms with Crippen LogP contribution in [0.4, 0.5) is 0 Å². The predicted molar refractivity (Wildman–Crippen MR) is 60.7 cm³/mol. The number of likely N-dealkylation sites (tertiary alicyclic amines) is 1. The number of nitrogens with zero attached hydrogens (tertiary/aromatic N) is 1. The minimum atomic E-state index is -0.00958. The first kappa shape index (κ1) is 13.2. The molecular formula is C12H21NO3. The average Bonchev–Trinajstić information content (AvgIpc) is 2.42. The molecule has 0 aliphatic carbocycles. The molecule has 1 aliphatic rings. The molecule has 1 aliphatic heterocycles. The number of amides is 2. The number of aliphatic hydroxyl groups is 1. The third-order valence-corrected chi connectivity index (χ3v) is 2.92. The van der Waals surface area contributed by atoms with Crippen LogP contribution in [0.2, 0.25) is 0 Å². The van der Waals surface area contributed by atoms with Gasteiger partial charge < -0.3 is 5.11 Å². The van der Waals surface area contributed by atoms with Crippen molar-refractivity contribution in [2.75, 3.05) is 13.2 Å². The molecule has 92 valence electrons. The Morgan fingerprint density at radius 1 is 0.938 bits per heavy atom. The van der Waals surface area contributed by atoms with E-state index in [9.17, 15) is 9.59 Å². The summed E-state index contributed by atoms with van der Waals surface area (Å²) in [6, 6.07) is 0. The fourth-order valence-electron chi connectivity index (χ4n) is 1.95. The molecule has 4 nitrogen and oxygen atoms in total. The molecule has 1 N–H and O–H groups in total. The molecule has 1 saturated heterocycles. The lowest BCUT2D eigenvalue weighted by molar-refractivity contribution is -0.143. The molecule has 0 atom stereocenters.